The van der Waals surface area contributed by atoms with E-state index in [2.05, 4.69) is 0 Å². The molecule has 0 saturated carbocycles. The van der Waals surface area contributed by atoms with Crippen molar-refractivity contribution in [1.29, 1.82) is 0 Å². The van der Waals surface area contributed by atoms with Crippen LogP contribution in [0.2, 0.25) is 0 Å². The van der Waals surface area contributed by atoms with E-state index in [1.807, 2.05) is 60.7 Å². The third-order valence-corrected chi connectivity index (χ3v) is 4.48. The summed E-state index contributed by atoms with van der Waals surface area (Å²) < 4.78 is 28.6. The number of rotatable bonds is 9. The van der Waals surface area contributed by atoms with Gasteiger partial charge in [0, 0.05) is 14.0 Å². The molecule has 1 aliphatic heterocycles. The Morgan fingerprint density at radius 1 is 0.929 bits per heavy atom. The minimum absolute atomic E-state index is 0.298. The zero-order chi connectivity index (χ0) is 19.8. The molecule has 0 aliphatic carbocycles. The standard InChI is InChI=1S/C22H26O6/c1-16(23)27-21-20(26-14-18-11-7-4-8-12-18)19(28-22(21)24-2)15-25-13-17-9-5-3-6-10-17/h3-12,19-22H,13-15H2,1-2H3/t19-,20?,21?,22?/m1/s1. The summed E-state index contributed by atoms with van der Waals surface area (Å²) in [6.07, 6.45) is -2.27. The third-order valence-electron chi connectivity index (χ3n) is 4.48. The van der Waals surface area contributed by atoms with E-state index in [4.69, 9.17) is 23.7 Å². The second-order valence-corrected chi connectivity index (χ2v) is 6.61. The molecule has 28 heavy (non-hydrogen) atoms. The van der Waals surface area contributed by atoms with Crippen LogP contribution in [0.3, 0.4) is 0 Å². The summed E-state index contributed by atoms with van der Waals surface area (Å²) in [5, 5.41) is 0. The van der Waals surface area contributed by atoms with Gasteiger partial charge in [-0.1, -0.05) is 60.7 Å². The molecule has 3 rings (SSSR count). The van der Waals surface area contributed by atoms with E-state index in [1.165, 1.54) is 14.0 Å². The Morgan fingerprint density at radius 2 is 1.54 bits per heavy atom. The van der Waals surface area contributed by atoms with E-state index in [0.29, 0.717) is 19.8 Å². The van der Waals surface area contributed by atoms with Gasteiger partial charge in [-0.15, -0.1) is 0 Å². The van der Waals surface area contributed by atoms with E-state index in [1.54, 1.807) is 0 Å². The van der Waals surface area contributed by atoms with Crippen molar-refractivity contribution in [2.45, 2.75) is 44.7 Å². The van der Waals surface area contributed by atoms with Crippen molar-refractivity contribution >= 4 is 5.97 Å². The average Bonchev–Trinajstić information content (AvgIpc) is 3.04. The minimum Gasteiger partial charge on any atom is -0.454 e. The Kier molecular flexibility index (Phi) is 7.56. The largest absolute Gasteiger partial charge is 0.454 e. The molecular weight excluding hydrogens is 360 g/mol. The number of esters is 1. The predicted octanol–water partition coefficient (Wildman–Crippen LogP) is 3.09. The maximum atomic E-state index is 11.6. The van der Waals surface area contributed by atoms with Crippen LogP contribution >= 0.6 is 0 Å². The fraction of sp³-hybridized carbons (Fsp3) is 0.409. The Labute approximate surface area is 165 Å². The molecule has 1 saturated heterocycles. The Bertz CT molecular complexity index is 720. The molecule has 0 bridgehead atoms. The number of carbonyl (C=O) groups is 1. The van der Waals surface area contributed by atoms with Crippen molar-refractivity contribution < 1.29 is 28.5 Å². The second-order valence-electron chi connectivity index (χ2n) is 6.61. The van der Waals surface area contributed by atoms with Crippen LogP contribution in [-0.4, -0.2) is 44.3 Å². The van der Waals surface area contributed by atoms with Crippen LogP contribution in [0.25, 0.3) is 0 Å². The van der Waals surface area contributed by atoms with Crippen LogP contribution in [-0.2, 0) is 41.7 Å². The molecule has 0 spiro atoms. The van der Waals surface area contributed by atoms with E-state index in [-0.39, 0.29) is 0 Å². The van der Waals surface area contributed by atoms with Gasteiger partial charge in [-0.2, -0.15) is 0 Å². The maximum absolute atomic E-state index is 11.6. The van der Waals surface area contributed by atoms with Gasteiger partial charge in [-0.3, -0.25) is 4.79 Å². The summed E-state index contributed by atoms with van der Waals surface area (Å²) >= 11 is 0. The fourth-order valence-electron chi connectivity index (χ4n) is 3.17. The van der Waals surface area contributed by atoms with Crippen LogP contribution in [0.4, 0.5) is 0 Å². The summed E-state index contributed by atoms with van der Waals surface area (Å²) in [4.78, 5) is 11.6. The number of methoxy groups -OCH3 is 1. The van der Waals surface area contributed by atoms with Crippen molar-refractivity contribution in [1.82, 2.24) is 0 Å². The topological polar surface area (TPSA) is 63.2 Å². The van der Waals surface area contributed by atoms with Crippen molar-refractivity contribution in [2.75, 3.05) is 13.7 Å². The van der Waals surface area contributed by atoms with Crippen LogP contribution in [0.1, 0.15) is 18.1 Å². The first-order chi connectivity index (χ1) is 13.7. The second kappa shape index (κ2) is 10.3. The molecule has 1 heterocycles. The molecule has 3 unspecified atom stereocenters. The molecule has 2 aromatic rings. The molecule has 0 N–H and O–H groups in total. The van der Waals surface area contributed by atoms with Gasteiger partial charge >= 0.3 is 5.97 Å². The lowest BCUT2D eigenvalue weighted by Crippen LogP contribution is -2.40. The number of carbonyl (C=O) groups excluding carboxylic acids is 1. The molecule has 0 aromatic heterocycles. The molecule has 0 amide bonds. The zero-order valence-electron chi connectivity index (χ0n) is 16.2. The minimum atomic E-state index is -0.699. The van der Waals surface area contributed by atoms with Gasteiger partial charge in [0.05, 0.1) is 19.8 Å². The summed E-state index contributed by atoms with van der Waals surface area (Å²) in [6, 6.07) is 19.7. The first-order valence-electron chi connectivity index (χ1n) is 9.30. The van der Waals surface area contributed by atoms with Gasteiger partial charge < -0.3 is 23.7 Å². The summed E-state index contributed by atoms with van der Waals surface area (Å²) in [6.45, 7) is 2.49. The lowest BCUT2D eigenvalue weighted by Gasteiger charge is -2.23. The molecule has 150 valence electrons. The average molecular weight is 386 g/mol. The van der Waals surface area contributed by atoms with Gasteiger partial charge in [0.25, 0.3) is 0 Å². The highest BCUT2D eigenvalue weighted by atomic mass is 16.7. The van der Waals surface area contributed by atoms with Gasteiger partial charge in [-0.05, 0) is 11.1 Å². The molecule has 4 atom stereocenters. The van der Waals surface area contributed by atoms with Gasteiger partial charge in [0.2, 0.25) is 0 Å². The molecule has 1 fully saturated rings. The lowest BCUT2D eigenvalue weighted by molar-refractivity contribution is -0.180. The highest BCUT2D eigenvalue weighted by Gasteiger charge is 2.48. The SMILES string of the molecule is COC1O[C@H](COCc2ccccc2)C(OCc2ccccc2)C1OC(C)=O. The molecular formula is C22H26O6. The van der Waals surface area contributed by atoms with Crippen molar-refractivity contribution in [3.8, 4) is 0 Å². The Morgan fingerprint density at radius 3 is 2.11 bits per heavy atom. The van der Waals surface area contributed by atoms with E-state index < -0.39 is 30.6 Å². The molecule has 6 nitrogen and oxygen atoms in total. The Balaban J connectivity index is 1.65. The highest BCUT2D eigenvalue weighted by Crippen LogP contribution is 2.28. The van der Waals surface area contributed by atoms with E-state index in [9.17, 15) is 4.79 Å². The molecule has 6 heteroatoms. The van der Waals surface area contributed by atoms with Gasteiger partial charge in [0.15, 0.2) is 12.4 Å². The van der Waals surface area contributed by atoms with E-state index >= 15 is 0 Å². The van der Waals surface area contributed by atoms with E-state index in [0.717, 1.165) is 11.1 Å². The quantitative estimate of drug-likeness (QED) is 0.617. The number of ether oxygens (including phenoxy) is 5. The van der Waals surface area contributed by atoms with Crippen molar-refractivity contribution in [3.05, 3.63) is 71.8 Å². The van der Waals surface area contributed by atoms with Gasteiger partial charge in [0.1, 0.15) is 12.2 Å². The van der Waals surface area contributed by atoms with Crippen LogP contribution in [0, 0.1) is 0 Å². The number of hydrogen-bond donors (Lipinski definition) is 0. The summed E-state index contributed by atoms with van der Waals surface area (Å²) in [5.74, 6) is -0.408. The fourth-order valence-corrected chi connectivity index (χ4v) is 3.17. The molecule has 0 radical (unpaired) electrons. The smallest absolute Gasteiger partial charge is 0.303 e. The van der Waals surface area contributed by atoms with Crippen molar-refractivity contribution in [3.63, 3.8) is 0 Å². The zero-order valence-corrected chi connectivity index (χ0v) is 16.2. The number of benzene rings is 2. The summed E-state index contributed by atoms with van der Waals surface area (Å²) in [5.41, 5.74) is 2.09. The van der Waals surface area contributed by atoms with Crippen LogP contribution in [0.5, 0.6) is 0 Å². The monoisotopic (exact) mass is 386 g/mol. The first-order valence-corrected chi connectivity index (χ1v) is 9.30. The maximum Gasteiger partial charge on any atom is 0.303 e. The van der Waals surface area contributed by atoms with Gasteiger partial charge in [-0.25, -0.2) is 0 Å². The van der Waals surface area contributed by atoms with Crippen molar-refractivity contribution in [2.24, 2.45) is 0 Å². The first kappa shape index (κ1) is 20.5. The lowest BCUT2D eigenvalue weighted by atomic mass is 10.1. The van der Waals surface area contributed by atoms with Crippen LogP contribution < -0.4 is 0 Å². The normalized spacial score (nSPS) is 24.2. The molecule has 1 aliphatic rings. The molecule has 2 aromatic carbocycles. The Hall–Kier alpha value is -2.25. The predicted molar refractivity (Wildman–Crippen MR) is 102 cm³/mol. The number of hydrogen-bond acceptors (Lipinski definition) is 6. The highest BCUT2D eigenvalue weighted by molar-refractivity contribution is 5.66. The summed E-state index contributed by atoms with van der Waals surface area (Å²) in [7, 11) is 1.52. The van der Waals surface area contributed by atoms with Crippen LogP contribution in [0.15, 0.2) is 60.7 Å². The third kappa shape index (κ3) is 5.62.